The maximum Gasteiger partial charge on any atom is 0.304 e. The molecule has 3 rings (SSSR count). The van der Waals surface area contributed by atoms with Gasteiger partial charge in [0.25, 0.3) is 0 Å². The van der Waals surface area contributed by atoms with E-state index in [0.29, 0.717) is 11.3 Å². The summed E-state index contributed by atoms with van der Waals surface area (Å²) >= 11 is 0. The van der Waals surface area contributed by atoms with Crippen molar-refractivity contribution in [3.8, 4) is 11.1 Å². The number of amidine groups is 1. The summed E-state index contributed by atoms with van der Waals surface area (Å²) in [6.07, 6.45) is 0. The molecule has 0 fully saturated rings. The molecular formula is C20H22F3N3O. The van der Waals surface area contributed by atoms with Crippen LogP contribution in [0.2, 0.25) is 0 Å². The smallest absolute Gasteiger partial charge is 0.304 e. The van der Waals surface area contributed by atoms with Crippen molar-refractivity contribution in [2.45, 2.75) is 37.8 Å². The Balaban J connectivity index is 2.22. The van der Waals surface area contributed by atoms with E-state index in [0.717, 1.165) is 11.6 Å². The third kappa shape index (κ3) is 3.06. The van der Waals surface area contributed by atoms with Crippen LogP contribution in [0.25, 0.3) is 11.1 Å². The number of ether oxygens (including phenoxy) is 1. The van der Waals surface area contributed by atoms with Crippen molar-refractivity contribution >= 4 is 11.5 Å². The summed E-state index contributed by atoms with van der Waals surface area (Å²) in [5.41, 5.74) is 8.94. The van der Waals surface area contributed by atoms with Crippen molar-refractivity contribution in [1.82, 2.24) is 0 Å². The monoisotopic (exact) mass is 377 g/mol. The van der Waals surface area contributed by atoms with Gasteiger partial charge in [-0.1, -0.05) is 18.2 Å². The molecule has 2 aromatic carbocycles. The molecule has 0 bridgehead atoms. The minimum atomic E-state index is -3.53. The van der Waals surface area contributed by atoms with E-state index >= 15 is 8.78 Å². The lowest BCUT2D eigenvalue weighted by atomic mass is 9.77. The van der Waals surface area contributed by atoms with Gasteiger partial charge in [-0.3, -0.25) is 4.99 Å². The van der Waals surface area contributed by atoms with E-state index in [1.807, 2.05) is 0 Å². The number of hydrogen-bond donors (Lipinski definition) is 2. The first-order chi connectivity index (χ1) is 12.5. The van der Waals surface area contributed by atoms with E-state index in [1.165, 1.54) is 32.9 Å². The summed E-state index contributed by atoms with van der Waals surface area (Å²) in [7, 11) is 0. The predicted molar refractivity (Wildman–Crippen MR) is 100 cm³/mol. The highest BCUT2D eigenvalue weighted by Crippen LogP contribution is 2.51. The second kappa shape index (κ2) is 6.27. The van der Waals surface area contributed by atoms with Crippen LogP contribution in [0.3, 0.4) is 0 Å². The second-order valence-corrected chi connectivity index (χ2v) is 7.37. The van der Waals surface area contributed by atoms with E-state index in [2.05, 4.69) is 4.99 Å². The van der Waals surface area contributed by atoms with Gasteiger partial charge in [0.05, 0.1) is 0 Å². The van der Waals surface area contributed by atoms with Crippen molar-refractivity contribution in [3.63, 3.8) is 0 Å². The van der Waals surface area contributed by atoms with Crippen molar-refractivity contribution in [3.05, 3.63) is 53.8 Å². The Morgan fingerprint density at radius 1 is 0.963 bits per heavy atom. The first-order valence-corrected chi connectivity index (χ1v) is 8.50. The van der Waals surface area contributed by atoms with Gasteiger partial charge in [0.15, 0.2) is 5.54 Å². The molecule has 0 amide bonds. The topological polar surface area (TPSA) is 73.6 Å². The number of halogens is 3. The lowest BCUT2D eigenvalue weighted by molar-refractivity contribution is -0.214. The molecule has 1 atom stereocenters. The summed E-state index contributed by atoms with van der Waals surface area (Å²) < 4.78 is 50.9. The van der Waals surface area contributed by atoms with Crippen LogP contribution < -0.4 is 11.5 Å². The molecule has 144 valence electrons. The van der Waals surface area contributed by atoms with Crippen molar-refractivity contribution in [2.75, 3.05) is 12.3 Å². The molecule has 27 heavy (non-hydrogen) atoms. The van der Waals surface area contributed by atoms with Crippen molar-refractivity contribution in [2.24, 2.45) is 10.7 Å². The minimum absolute atomic E-state index is 0.111. The van der Waals surface area contributed by atoms with Crippen molar-refractivity contribution < 1.29 is 17.9 Å². The molecule has 0 aromatic heterocycles. The van der Waals surface area contributed by atoms with Crippen LogP contribution in [0.1, 0.15) is 26.3 Å². The van der Waals surface area contributed by atoms with Gasteiger partial charge in [-0.05, 0) is 56.2 Å². The number of nitrogens with zero attached hydrogens (tertiary/aromatic N) is 1. The Kier molecular flexibility index (Phi) is 4.46. The Morgan fingerprint density at radius 2 is 1.56 bits per heavy atom. The van der Waals surface area contributed by atoms with Gasteiger partial charge in [0, 0.05) is 11.3 Å². The lowest BCUT2D eigenvalue weighted by Crippen LogP contribution is -2.56. The van der Waals surface area contributed by atoms with Crippen LogP contribution >= 0.6 is 0 Å². The van der Waals surface area contributed by atoms with Gasteiger partial charge in [-0.25, -0.2) is 13.2 Å². The molecule has 1 aliphatic heterocycles. The molecule has 1 aliphatic rings. The number of alkyl halides is 2. The molecule has 0 radical (unpaired) electrons. The zero-order valence-corrected chi connectivity index (χ0v) is 15.4. The Morgan fingerprint density at radius 3 is 2.19 bits per heavy atom. The Bertz CT molecular complexity index is 894. The van der Waals surface area contributed by atoms with Crippen LogP contribution in [0.5, 0.6) is 0 Å². The standard InChI is InChI=1S/C20H22F3N3O/c1-18(2)20(22,23)19(3,26-17(25)11-27-18)15-10-13(6-9-16(15)21)12-4-7-14(24)8-5-12/h4-10H,11,24H2,1-3H3,(H2,25,26)/t19-/m1/s1. The summed E-state index contributed by atoms with van der Waals surface area (Å²) in [6.45, 7) is 3.43. The van der Waals surface area contributed by atoms with E-state index in [4.69, 9.17) is 16.2 Å². The van der Waals surface area contributed by atoms with E-state index in [1.54, 1.807) is 24.3 Å². The molecule has 0 aliphatic carbocycles. The van der Waals surface area contributed by atoms with Crippen LogP contribution in [0, 0.1) is 5.82 Å². The SMILES string of the molecule is CC1(C)OCC(N)=N[C@](C)(c2cc(-c3ccc(N)cc3)ccc2F)C1(F)F. The fourth-order valence-corrected chi connectivity index (χ4v) is 3.30. The number of benzene rings is 2. The third-order valence-corrected chi connectivity index (χ3v) is 5.05. The maximum atomic E-state index is 15.4. The first-order valence-electron chi connectivity index (χ1n) is 8.50. The summed E-state index contributed by atoms with van der Waals surface area (Å²) in [6, 6.07) is 10.9. The van der Waals surface area contributed by atoms with Crippen molar-refractivity contribution in [1.29, 1.82) is 0 Å². The second-order valence-electron chi connectivity index (χ2n) is 7.37. The number of nitrogens with two attached hydrogens (primary N) is 2. The van der Waals surface area contributed by atoms with E-state index < -0.39 is 22.9 Å². The quantitative estimate of drug-likeness (QED) is 0.774. The number of hydrogen-bond acceptors (Lipinski definition) is 4. The van der Waals surface area contributed by atoms with Gasteiger partial charge < -0.3 is 16.2 Å². The fourth-order valence-electron chi connectivity index (χ4n) is 3.30. The van der Waals surface area contributed by atoms with Crippen LogP contribution in [-0.4, -0.2) is 24.0 Å². The van der Waals surface area contributed by atoms with Gasteiger partial charge in [-0.15, -0.1) is 0 Å². The van der Waals surface area contributed by atoms with Crippen LogP contribution in [0.15, 0.2) is 47.5 Å². The highest BCUT2D eigenvalue weighted by atomic mass is 19.3. The molecule has 4 nitrogen and oxygen atoms in total. The Hall–Kier alpha value is -2.54. The van der Waals surface area contributed by atoms with E-state index in [-0.39, 0.29) is 18.0 Å². The molecule has 1 heterocycles. The molecule has 7 heteroatoms. The van der Waals surface area contributed by atoms with Gasteiger partial charge in [-0.2, -0.15) is 0 Å². The maximum absolute atomic E-state index is 15.4. The molecule has 0 unspecified atom stereocenters. The highest BCUT2D eigenvalue weighted by Gasteiger charge is 2.63. The average molecular weight is 377 g/mol. The largest absolute Gasteiger partial charge is 0.399 e. The highest BCUT2D eigenvalue weighted by molar-refractivity contribution is 5.82. The van der Waals surface area contributed by atoms with Gasteiger partial charge in [0.1, 0.15) is 23.9 Å². The fraction of sp³-hybridized carbons (Fsp3) is 0.350. The van der Waals surface area contributed by atoms with E-state index in [9.17, 15) is 4.39 Å². The van der Waals surface area contributed by atoms with Crippen LogP contribution in [-0.2, 0) is 10.3 Å². The molecule has 0 saturated carbocycles. The number of nitrogen functional groups attached to an aromatic ring is 1. The predicted octanol–water partition coefficient (Wildman–Crippen LogP) is 4.09. The molecule has 2 aromatic rings. The summed E-state index contributed by atoms with van der Waals surface area (Å²) in [4.78, 5) is 4.00. The number of rotatable bonds is 2. The zero-order chi connectivity index (χ0) is 20.0. The zero-order valence-electron chi connectivity index (χ0n) is 15.4. The molecule has 4 N–H and O–H groups in total. The molecular weight excluding hydrogens is 355 g/mol. The molecule has 0 saturated heterocycles. The third-order valence-electron chi connectivity index (χ3n) is 5.05. The lowest BCUT2D eigenvalue weighted by Gasteiger charge is -2.42. The minimum Gasteiger partial charge on any atom is -0.399 e. The van der Waals surface area contributed by atoms with Gasteiger partial charge >= 0.3 is 5.92 Å². The normalized spacial score (nSPS) is 24.1. The average Bonchev–Trinajstić information content (AvgIpc) is 2.66. The number of aliphatic imine (C=N–C) groups is 1. The summed E-state index contributed by atoms with van der Waals surface area (Å²) in [5, 5.41) is 0. The first kappa shape index (κ1) is 19.2. The van der Waals surface area contributed by atoms with Crippen LogP contribution in [0.4, 0.5) is 18.9 Å². The molecule has 0 spiro atoms. The van der Waals surface area contributed by atoms with Gasteiger partial charge in [0.2, 0.25) is 0 Å². The number of anilines is 1. The summed E-state index contributed by atoms with van der Waals surface area (Å²) in [5.74, 6) is -4.42. The Labute approximate surface area is 156 Å².